The number of para-hydroxylation sites is 1. The van der Waals surface area contributed by atoms with Crippen molar-refractivity contribution in [1.29, 1.82) is 0 Å². The first-order valence-corrected chi connectivity index (χ1v) is 10.4. The van der Waals surface area contributed by atoms with Gasteiger partial charge in [0.05, 0.1) is 29.1 Å². The molecule has 0 bridgehead atoms. The first kappa shape index (κ1) is 17.0. The largest absolute Gasteiger partial charge is 0.276 e. The van der Waals surface area contributed by atoms with Crippen LogP contribution >= 0.6 is 0 Å². The van der Waals surface area contributed by atoms with Crippen molar-refractivity contribution in [2.45, 2.75) is 50.5 Å². The summed E-state index contributed by atoms with van der Waals surface area (Å²) in [6.07, 6.45) is 7.89. The molecule has 0 atom stereocenters. The van der Waals surface area contributed by atoms with Crippen molar-refractivity contribution in [3.63, 3.8) is 0 Å². The molecule has 6 nitrogen and oxygen atoms in total. The standard InChI is InChI=1S/C19H22N4O2S/c1-13-10-15-6-5-9-18(19(15)20-11-13)26(24,25)22-17-12-21-23(14(17)2)16-7-3-4-8-16/h5-6,9-12,16,22H,3-4,7-8H2,1-2H3. The Morgan fingerprint density at radius 3 is 2.69 bits per heavy atom. The van der Waals surface area contributed by atoms with E-state index >= 15 is 0 Å². The van der Waals surface area contributed by atoms with E-state index in [4.69, 9.17) is 0 Å². The van der Waals surface area contributed by atoms with Gasteiger partial charge in [-0.2, -0.15) is 5.10 Å². The summed E-state index contributed by atoms with van der Waals surface area (Å²) in [7, 11) is -3.75. The van der Waals surface area contributed by atoms with Gasteiger partial charge in [-0.3, -0.25) is 14.4 Å². The number of sulfonamides is 1. The molecule has 1 saturated carbocycles. The number of rotatable bonds is 4. The quantitative estimate of drug-likeness (QED) is 0.754. The molecule has 1 aliphatic carbocycles. The summed E-state index contributed by atoms with van der Waals surface area (Å²) in [5.74, 6) is 0. The second-order valence-electron chi connectivity index (χ2n) is 6.97. The summed E-state index contributed by atoms with van der Waals surface area (Å²) in [5.41, 5.74) is 2.85. The third kappa shape index (κ3) is 2.96. The normalized spacial score (nSPS) is 15.6. The molecule has 0 amide bonds. The number of hydrogen-bond donors (Lipinski definition) is 1. The molecular weight excluding hydrogens is 348 g/mol. The van der Waals surface area contributed by atoms with Crippen molar-refractivity contribution in [2.75, 3.05) is 4.72 Å². The monoisotopic (exact) mass is 370 g/mol. The van der Waals surface area contributed by atoms with Crippen molar-refractivity contribution < 1.29 is 8.42 Å². The fraction of sp³-hybridized carbons (Fsp3) is 0.368. The summed E-state index contributed by atoms with van der Waals surface area (Å²) in [5, 5.41) is 5.23. The number of aryl methyl sites for hydroxylation is 1. The van der Waals surface area contributed by atoms with E-state index in [0.29, 0.717) is 17.2 Å². The van der Waals surface area contributed by atoms with Gasteiger partial charge >= 0.3 is 0 Å². The van der Waals surface area contributed by atoms with Crippen LogP contribution in [0.4, 0.5) is 5.69 Å². The maximum atomic E-state index is 13.0. The third-order valence-electron chi connectivity index (χ3n) is 5.06. The third-order valence-corrected chi connectivity index (χ3v) is 6.46. The van der Waals surface area contributed by atoms with Gasteiger partial charge in [0.1, 0.15) is 4.90 Å². The van der Waals surface area contributed by atoms with E-state index in [0.717, 1.165) is 29.5 Å². The molecule has 0 saturated heterocycles. The molecular formula is C19H22N4O2S. The Bertz CT molecular complexity index is 1070. The van der Waals surface area contributed by atoms with Gasteiger partial charge in [0, 0.05) is 11.6 Å². The van der Waals surface area contributed by atoms with Crippen LogP contribution in [0, 0.1) is 13.8 Å². The molecule has 2 aromatic heterocycles. The number of anilines is 1. The predicted octanol–water partition coefficient (Wildman–Crippen LogP) is 3.96. The zero-order chi connectivity index (χ0) is 18.3. The Morgan fingerprint density at radius 2 is 1.92 bits per heavy atom. The molecule has 26 heavy (non-hydrogen) atoms. The Hall–Kier alpha value is -2.41. The van der Waals surface area contributed by atoms with Gasteiger partial charge in [-0.25, -0.2) is 8.42 Å². The first-order valence-electron chi connectivity index (χ1n) is 8.88. The van der Waals surface area contributed by atoms with E-state index in [1.54, 1.807) is 24.5 Å². The van der Waals surface area contributed by atoms with Gasteiger partial charge in [0.15, 0.2) is 0 Å². The Morgan fingerprint density at radius 1 is 1.15 bits per heavy atom. The fourth-order valence-corrected chi connectivity index (χ4v) is 4.98. The molecule has 0 spiro atoms. The SMILES string of the molecule is Cc1cnc2c(S(=O)(=O)Nc3cnn(C4CCCC4)c3C)cccc2c1. The lowest BCUT2D eigenvalue weighted by molar-refractivity contribution is 0.457. The van der Waals surface area contributed by atoms with Gasteiger partial charge in [-0.15, -0.1) is 0 Å². The van der Waals surface area contributed by atoms with E-state index in [2.05, 4.69) is 14.8 Å². The van der Waals surface area contributed by atoms with E-state index in [1.165, 1.54) is 12.8 Å². The van der Waals surface area contributed by atoms with Crippen LogP contribution in [0.25, 0.3) is 10.9 Å². The second-order valence-corrected chi connectivity index (χ2v) is 8.62. The number of nitrogens with one attached hydrogen (secondary N) is 1. The summed E-state index contributed by atoms with van der Waals surface area (Å²) >= 11 is 0. The van der Waals surface area contributed by atoms with Crippen LogP contribution in [0.5, 0.6) is 0 Å². The molecule has 2 heterocycles. The molecule has 1 aromatic carbocycles. The van der Waals surface area contributed by atoms with Crippen molar-refractivity contribution >= 4 is 26.6 Å². The zero-order valence-corrected chi connectivity index (χ0v) is 15.8. The molecule has 136 valence electrons. The van der Waals surface area contributed by atoms with Crippen LogP contribution in [0.2, 0.25) is 0 Å². The molecule has 0 aliphatic heterocycles. The van der Waals surface area contributed by atoms with Crippen LogP contribution in [0.3, 0.4) is 0 Å². The van der Waals surface area contributed by atoms with Crippen molar-refractivity contribution in [2.24, 2.45) is 0 Å². The Labute approximate surface area is 153 Å². The summed E-state index contributed by atoms with van der Waals surface area (Å²) < 4.78 is 30.6. The smallest absolute Gasteiger partial charge is 0.264 e. The van der Waals surface area contributed by atoms with Crippen LogP contribution in [-0.2, 0) is 10.0 Å². The highest BCUT2D eigenvalue weighted by atomic mass is 32.2. The van der Waals surface area contributed by atoms with Crippen LogP contribution < -0.4 is 4.72 Å². The lowest BCUT2D eigenvalue weighted by Gasteiger charge is -2.13. The minimum absolute atomic E-state index is 0.183. The van der Waals surface area contributed by atoms with Gasteiger partial charge in [-0.1, -0.05) is 25.0 Å². The zero-order valence-electron chi connectivity index (χ0n) is 14.9. The van der Waals surface area contributed by atoms with Crippen LogP contribution in [-0.4, -0.2) is 23.2 Å². The highest BCUT2D eigenvalue weighted by molar-refractivity contribution is 7.93. The molecule has 4 rings (SSSR count). The molecule has 1 N–H and O–H groups in total. The number of aromatic nitrogens is 3. The lowest BCUT2D eigenvalue weighted by Crippen LogP contribution is -2.15. The van der Waals surface area contributed by atoms with E-state index < -0.39 is 10.0 Å². The van der Waals surface area contributed by atoms with Gasteiger partial charge in [0.25, 0.3) is 10.0 Å². The highest BCUT2D eigenvalue weighted by Gasteiger charge is 2.24. The fourth-order valence-electron chi connectivity index (χ4n) is 3.70. The number of pyridine rings is 1. The first-order chi connectivity index (χ1) is 12.5. The van der Waals surface area contributed by atoms with Crippen molar-refractivity contribution in [3.05, 3.63) is 47.9 Å². The molecule has 0 radical (unpaired) electrons. The highest BCUT2D eigenvalue weighted by Crippen LogP contribution is 2.32. The van der Waals surface area contributed by atoms with E-state index in [1.807, 2.05) is 30.7 Å². The number of fused-ring (bicyclic) bond motifs is 1. The number of hydrogen-bond acceptors (Lipinski definition) is 4. The maximum absolute atomic E-state index is 13.0. The minimum Gasteiger partial charge on any atom is -0.276 e. The Balaban J connectivity index is 1.70. The van der Waals surface area contributed by atoms with Crippen molar-refractivity contribution in [3.8, 4) is 0 Å². The summed E-state index contributed by atoms with van der Waals surface area (Å²) in [6.45, 7) is 3.85. The van der Waals surface area contributed by atoms with E-state index in [-0.39, 0.29) is 4.90 Å². The minimum atomic E-state index is -3.75. The number of nitrogens with zero attached hydrogens (tertiary/aromatic N) is 3. The van der Waals surface area contributed by atoms with Gasteiger partial charge < -0.3 is 0 Å². The summed E-state index contributed by atoms with van der Waals surface area (Å²) in [6, 6.07) is 7.51. The topological polar surface area (TPSA) is 76.9 Å². The summed E-state index contributed by atoms with van der Waals surface area (Å²) in [4.78, 5) is 4.52. The van der Waals surface area contributed by atoms with E-state index in [9.17, 15) is 8.42 Å². The average molecular weight is 370 g/mol. The molecule has 1 fully saturated rings. The molecule has 1 aliphatic rings. The van der Waals surface area contributed by atoms with Crippen LogP contribution in [0.15, 0.2) is 41.6 Å². The average Bonchev–Trinajstić information content (AvgIpc) is 3.24. The Kier molecular flexibility index (Phi) is 4.19. The maximum Gasteiger partial charge on any atom is 0.264 e. The van der Waals surface area contributed by atoms with Gasteiger partial charge in [-0.05, 0) is 44.4 Å². The molecule has 7 heteroatoms. The van der Waals surface area contributed by atoms with Crippen molar-refractivity contribution in [1.82, 2.24) is 14.8 Å². The second kappa shape index (κ2) is 6.39. The van der Waals surface area contributed by atoms with Crippen LogP contribution in [0.1, 0.15) is 43.0 Å². The molecule has 3 aromatic rings. The molecule has 0 unspecified atom stereocenters. The van der Waals surface area contributed by atoms with Gasteiger partial charge in [0.2, 0.25) is 0 Å². The number of benzene rings is 1. The lowest BCUT2D eigenvalue weighted by atomic mass is 10.2. The predicted molar refractivity (Wildman–Crippen MR) is 102 cm³/mol.